The normalized spacial score (nSPS) is 10.5. The Kier molecular flexibility index (Phi) is 4.29. The van der Waals surface area contributed by atoms with Crippen molar-refractivity contribution in [3.63, 3.8) is 0 Å². The van der Waals surface area contributed by atoms with Crippen LogP contribution in [0.5, 0.6) is 0 Å². The standard InChI is InChI=1S/C12H10Cl2N2S/c13-9-4-1-3-8(7-15)11(9)17-12-10(14)5-2-6-16-12/h1-6H,7,15H2. The van der Waals surface area contributed by atoms with Crippen molar-refractivity contribution in [2.24, 2.45) is 5.73 Å². The molecule has 88 valence electrons. The van der Waals surface area contributed by atoms with Crippen molar-refractivity contribution >= 4 is 35.0 Å². The minimum absolute atomic E-state index is 0.438. The third-order valence-electron chi connectivity index (χ3n) is 2.19. The molecule has 0 aliphatic carbocycles. The van der Waals surface area contributed by atoms with Gasteiger partial charge in [0.25, 0.3) is 0 Å². The molecule has 2 N–H and O–H groups in total. The first-order chi connectivity index (χ1) is 8.22. The molecule has 2 aromatic rings. The Labute approximate surface area is 114 Å². The Hall–Kier alpha value is -0.740. The van der Waals surface area contributed by atoms with Crippen LogP contribution < -0.4 is 5.73 Å². The Morgan fingerprint density at radius 1 is 1.12 bits per heavy atom. The zero-order chi connectivity index (χ0) is 12.3. The number of nitrogens with zero attached hydrogens (tertiary/aromatic N) is 1. The lowest BCUT2D eigenvalue weighted by Gasteiger charge is -2.09. The van der Waals surface area contributed by atoms with Crippen LogP contribution in [0.3, 0.4) is 0 Å². The fourth-order valence-corrected chi connectivity index (χ4v) is 2.84. The van der Waals surface area contributed by atoms with Crippen LogP contribution in [0.25, 0.3) is 0 Å². The number of pyridine rings is 1. The Morgan fingerprint density at radius 3 is 2.59 bits per heavy atom. The summed E-state index contributed by atoms with van der Waals surface area (Å²) in [4.78, 5) is 5.14. The summed E-state index contributed by atoms with van der Waals surface area (Å²) in [7, 11) is 0. The van der Waals surface area contributed by atoms with Gasteiger partial charge >= 0.3 is 0 Å². The second kappa shape index (κ2) is 5.74. The molecule has 1 aromatic carbocycles. The van der Waals surface area contributed by atoms with E-state index in [1.165, 1.54) is 11.8 Å². The van der Waals surface area contributed by atoms with Crippen LogP contribution in [0.15, 0.2) is 46.5 Å². The predicted molar refractivity (Wildman–Crippen MR) is 72.7 cm³/mol. The molecule has 0 fully saturated rings. The summed E-state index contributed by atoms with van der Waals surface area (Å²) in [5.74, 6) is 0. The molecule has 0 amide bonds. The van der Waals surface area contributed by atoms with E-state index in [9.17, 15) is 0 Å². The van der Waals surface area contributed by atoms with Gasteiger partial charge in [0, 0.05) is 17.6 Å². The molecular formula is C12H10Cl2N2S. The van der Waals surface area contributed by atoms with Gasteiger partial charge in [0.1, 0.15) is 5.03 Å². The fraction of sp³-hybridized carbons (Fsp3) is 0.0833. The Bertz CT molecular complexity index is 532. The highest BCUT2D eigenvalue weighted by Gasteiger charge is 2.10. The molecule has 0 unspecified atom stereocenters. The van der Waals surface area contributed by atoms with Crippen LogP contribution in [-0.4, -0.2) is 4.98 Å². The number of rotatable bonds is 3. The SMILES string of the molecule is NCc1cccc(Cl)c1Sc1ncccc1Cl. The topological polar surface area (TPSA) is 38.9 Å². The summed E-state index contributed by atoms with van der Waals surface area (Å²) in [5, 5.41) is 2.01. The number of aromatic nitrogens is 1. The van der Waals surface area contributed by atoms with E-state index in [1.54, 1.807) is 18.3 Å². The van der Waals surface area contributed by atoms with Crippen molar-refractivity contribution < 1.29 is 0 Å². The molecule has 0 saturated carbocycles. The van der Waals surface area contributed by atoms with E-state index in [1.807, 2.05) is 18.2 Å². The minimum atomic E-state index is 0.438. The number of benzene rings is 1. The van der Waals surface area contributed by atoms with Crippen molar-refractivity contribution in [3.8, 4) is 0 Å². The smallest absolute Gasteiger partial charge is 0.119 e. The quantitative estimate of drug-likeness (QED) is 0.926. The minimum Gasteiger partial charge on any atom is -0.326 e. The first-order valence-corrected chi connectivity index (χ1v) is 6.55. The van der Waals surface area contributed by atoms with E-state index in [0.29, 0.717) is 16.6 Å². The van der Waals surface area contributed by atoms with Gasteiger partial charge in [-0.3, -0.25) is 0 Å². The summed E-state index contributed by atoms with van der Waals surface area (Å²) in [6, 6.07) is 9.26. The van der Waals surface area contributed by atoms with Gasteiger partial charge in [-0.25, -0.2) is 4.98 Å². The highest BCUT2D eigenvalue weighted by molar-refractivity contribution is 7.99. The van der Waals surface area contributed by atoms with E-state index in [0.717, 1.165) is 15.5 Å². The summed E-state index contributed by atoms with van der Waals surface area (Å²) in [6.07, 6.45) is 1.70. The molecule has 0 saturated heterocycles. The lowest BCUT2D eigenvalue weighted by molar-refractivity contribution is 1.02. The maximum absolute atomic E-state index is 6.16. The summed E-state index contributed by atoms with van der Waals surface area (Å²) in [6.45, 7) is 0.438. The van der Waals surface area contributed by atoms with Crippen molar-refractivity contribution in [3.05, 3.63) is 52.1 Å². The zero-order valence-electron chi connectivity index (χ0n) is 8.86. The zero-order valence-corrected chi connectivity index (χ0v) is 11.2. The molecule has 1 heterocycles. The highest BCUT2D eigenvalue weighted by Crippen LogP contribution is 2.37. The molecule has 1 aromatic heterocycles. The van der Waals surface area contributed by atoms with Crippen LogP contribution >= 0.6 is 35.0 Å². The number of hydrogen-bond acceptors (Lipinski definition) is 3. The molecule has 5 heteroatoms. The lowest BCUT2D eigenvalue weighted by Crippen LogP contribution is -1.98. The average Bonchev–Trinajstić information content (AvgIpc) is 2.34. The van der Waals surface area contributed by atoms with Crippen molar-refractivity contribution in [1.82, 2.24) is 4.98 Å². The van der Waals surface area contributed by atoms with Crippen LogP contribution in [0, 0.1) is 0 Å². The van der Waals surface area contributed by atoms with E-state index < -0.39 is 0 Å². The fourth-order valence-electron chi connectivity index (χ4n) is 1.37. The van der Waals surface area contributed by atoms with Gasteiger partial charge in [0.2, 0.25) is 0 Å². The molecule has 0 atom stereocenters. The second-order valence-electron chi connectivity index (χ2n) is 3.32. The molecule has 2 nitrogen and oxygen atoms in total. The molecule has 0 aliphatic rings. The number of nitrogens with two attached hydrogens (primary N) is 1. The van der Waals surface area contributed by atoms with Crippen LogP contribution in [0.1, 0.15) is 5.56 Å². The van der Waals surface area contributed by atoms with Crippen molar-refractivity contribution in [2.75, 3.05) is 0 Å². The van der Waals surface area contributed by atoms with E-state index in [-0.39, 0.29) is 0 Å². The van der Waals surface area contributed by atoms with Crippen LogP contribution in [0.2, 0.25) is 10.0 Å². The number of halogens is 2. The predicted octanol–water partition coefficient (Wildman–Crippen LogP) is 4.00. The van der Waals surface area contributed by atoms with Crippen molar-refractivity contribution in [2.45, 2.75) is 16.5 Å². The molecule has 17 heavy (non-hydrogen) atoms. The molecule has 0 spiro atoms. The summed E-state index contributed by atoms with van der Waals surface area (Å²) >= 11 is 13.7. The molecule has 0 radical (unpaired) electrons. The Morgan fingerprint density at radius 2 is 1.88 bits per heavy atom. The van der Waals surface area contributed by atoms with Gasteiger partial charge in [0.05, 0.1) is 10.0 Å². The third-order valence-corrected chi connectivity index (χ3v) is 4.24. The Balaban J connectivity index is 2.39. The first-order valence-electron chi connectivity index (χ1n) is 4.98. The van der Waals surface area contributed by atoms with Gasteiger partial charge in [-0.1, -0.05) is 47.1 Å². The van der Waals surface area contributed by atoms with Crippen LogP contribution in [0.4, 0.5) is 0 Å². The van der Waals surface area contributed by atoms with Gasteiger partial charge in [-0.15, -0.1) is 0 Å². The second-order valence-corrected chi connectivity index (χ2v) is 5.14. The van der Waals surface area contributed by atoms with E-state index >= 15 is 0 Å². The maximum Gasteiger partial charge on any atom is 0.119 e. The van der Waals surface area contributed by atoms with E-state index in [2.05, 4.69) is 4.98 Å². The average molecular weight is 285 g/mol. The van der Waals surface area contributed by atoms with E-state index in [4.69, 9.17) is 28.9 Å². The summed E-state index contributed by atoms with van der Waals surface area (Å²) < 4.78 is 0. The molecule has 0 aliphatic heterocycles. The molecular weight excluding hydrogens is 275 g/mol. The van der Waals surface area contributed by atoms with Gasteiger partial charge in [0.15, 0.2) is 0 Å². The largest absolute Gasteiger partial charge is 0.326 e. The monoisotopic (exact) mass is 284 g/mol. The van der Waals surface area contributed by atoms with Gasteiger partial charge < -0.3 is 5.73 Å². The lowest BCUT2D eigenvalue weighted by atomic mass is 10.2. The van der Waals surface area contributed by atoms with Crippen LogP contribution in [-0.2, 0) is 6.54 Å². The van der Waals surface area contributed by atoms with Crippen molar-refractivity contribution in [1.29, 1.82) is 0 Å². The molecule has 0 bridgehead atoms. The highest BCUT2D eigenvalue weighted by atomic mass is 35.5. The van der Waals surface area contributed by atoms with Gasteiger partial charge in [-0.05, 0) is 23.8 Å². The maximum atomic E-state index is 6.16. The summed E-state index contributed by atoms with van der Waals surface area (Å²) in [5.41, 5.74) is 6.68. The van der Waals surface area contributed by atoms with Gasteiger partial charge in [-0.2, -0.15) is 0 Å². The third kappa shape index (κ3) is 2.93. The number of hydrogen-bond donors (Lipinski definition) is 1. The first kappa shape index (κ1) is 12.7. The molecule has 2 rings (SSSR count).